The summed E-state index contributed by atoms with van der Waals surface area (Å²) in [5.41, 5.74) is 0. The minimum atomic E-state index is -3.37. The number of hydrogen-bond donors (Lipinski definition) is 2. The Bertz CT molecular complexity index is 505. The van der Waals surface area contributed by atoms with Crippen LogP contribution in [-0.2, 0) is 16.6 Å². The first kappa shape index (κ1) is 15.3. The van der Waals surface area contributed by atoms with E-state index >= 15 is 0 Å². The molecule has 2 rings (SSSR count). The van der Waals surface area contributed by atoms with Crippen LogP contribution in [0.1, 0.15) is 25.1 Å². The third kappa shape index (κ3) is 4.19. The second-order valence-corrected chi connectivity index (χ2v) is 8.76. The molecule has 2 N–H and O–H groups in total. The summed E-state index contributed by atoms with van der Waals surface area (Å²) in [6, 6.07) is 2.13. The second-order valence-electron chi connectivity index (χ2n) is 4.93. The summed E-state index contributed by atoms with van der Waals surface area (Å²) < 4.78 is 27.6. The minimum Gasteiger partial charge on any atom is -0.310 e. The zero-order chi connectivity index (χ0) is 13.9. The summed E-state index contributed by atoms with van der Waals surface area (Å²) in [6.07, 6.45) is 0.924. The van der Waals surface area contributed by atoms with Gasteiger partial charge in [-0.25, -0.2) is 13.1 Å². The van der Waals surface area contributed by atoms with E-state index in [1.807, 2.05) is 5.38 Å². The van der Waals surface area contributed by atoms with E-state index in [2.05, 4.69) is 23.9 Å². The molecule has 1 unspecified atom stereocenters. The molecule has 2 heterocycles. The van der Waals surface area contributed by atoms with Crippen molar-refractivity contribution in [3.05, 3.63) is 16.3 Å². The van der Waals surface area contributed by atoms with Crippen molar-refractivity contribution in [1.29, 1.82) is 0 Å². The van der Waals surface area contributed by atoms with E-state index < -0.39 is 10.0 Å². The normalized spacial score (nSPS) is 20.3. The van der Waals surface area contributed by atoms with Gasteiger partial charge in [0, 0.05) is 29.3 Å². The SMILES string of the molecule is CC(C)NCc1sccc1S(=O)(=O)NC1CCSC1. The highest BCUT2D eigenvalue weighted by Crippen LogP contribution is 2.24. The van der Waals surface area contributed by atoms with E-state index in [1.54, 1.807) is 17.8 Å². The topological polar surface area (TPSA) is 58.2 Å². The molecule has 0 radical (unpaired) electrons. The Morgan fingerprint density at radius 1 is 1.47 bits per heavy atom. The van der Waals surface area contributed by atoms with Crippen LogP contribution in [-0.4, -0.2) is 32.0 Å². The predicted molar refractivity (Wildman–Crippen MR) is 82.3 cm³/mol. The average molecular weight is 321 g/mol. The third-order valence-corrected chi connectivity index (χ3v) is 6.73. The summed E-state index contributed by atoms with van der Waals surface area (Å²) in [5.74, 6) is 1.92. The highest BCUT2D eigenvalue weighted by molar-refractivity contribution is 7.99. The smallest absolute Gasteiger partial charge is 0.242 e. The van der Waals surface area contributed by atoms with Crippen LogP contribution >= 0.6 is 23.1 Å². The van der Waals surface area contributed by atoms with Gasteiger partial charge in [0.1, 0.15) is 0 Å². The molecule has 0 saturated carbocycles. The lowest BCUT2D eigenvalue weighted by atomic mass is 10.3. The maximum atomic E-state index is 12.4. The monoisotopic (exact) mass is 320 g/mol. The number of thioether (sulfide) groups is 1. The zero-order valence-corrected chi connectivity index (χ0v) is 13.6. The van der Waals surface area contributed by atoms with Gasteiger partial charge in [-0.2, -0.15) is 11.8 Å². The molecule has 1 aliphatic rings. The predicted octanol–water partition coefficient (Wildman–Crippen LogP) is 2.03. The molecule has 108 valence electrons. The van der Waals surface area contributed by atoms with E-state index in [0.29, 0.717) is 17.5 Å². The summed E-state index contributed by atoms with van der Waals surface area (Å²) in [5, 5.41) is 5.11. The van der Waals surface area contributed by atoms with Crippen LogP contribution in [0.25, 0.3) is 0 Å². The molecule has 1 aromatic heterocycles. The summed E-state index contributed by atoms with van der Waals surface area (Å²) in [4.78, 5) is 1.31. The minimum absolute atomic E-state index is 0.0841. The number of thiophene rings is 1. The zero-order valence-electron chi connectivity index (χ0n) is 11.2. The van der Waals surface area contributed by atoms with Crippen LogP contribution in [0.15, 0.2) is 16.3 Å². The third-order valence-electron chi connectivity index (χ3n) is 2.92. The van der Waals surface area contributed by atoms with Gasteiger partial charge in [-0.1, -0.05) is 13.8 Å². The highest BCUT2D eigenvalue weighted by Gasteiger charge is 2.25. The van der Waals surface area contributed by atoms with Gasteiger partial charge in [0.05, 0.1) is 4.90 Å². The van der Waals surface area contributed by atoms with Gasteiger partial charge in [-0.3, -0.25) is 0 Å². The van der Waals surface area contributed by atoms with Crippen LogP contribution in [0.4, 0.5) is 0 Å². The van der Waals surface area contributed by atoms with E-state index in [9.17, 15) is 8.42 Å². The number of sulfonamides is 1. The van der Waals surface area contributed by atoms with Gasteiger partial charge in [0.15, 0.2) is 0 Å². The number of rotatable bonds is 6. The molecule has 1 aliphatic heterocycles. The summed E-state index contributed by atoms with van der Waals surface area (Å²) in [6.45, 7) is 4.70. The lowest BCUT2D eigenvalue weighted by molar-refractivity contribution is 0.557. The molecule has 4 nitrogen and oxygen atoms in total. The van der Waals surface area contributed by atoms with Crippen LogP contribution in [0.5, 0.6) is 0 Å². The van der Waals surface area contributed by atoms with Gasteiger partial charge in [0.2, 0.25) is 10.0 Å². The Balaban J connectivity index is 2.09. The quantitative estimate of drug-likeness (QED) is 0.842. The molecular formula is C12H20N2O2S3. The molecule has 1 aromatic rings. The maximum Gasteiger partial charge on any atom is 0.242 e. The van der Waals surface area contributed by atoms with Crippen molar-refractivity contribution in [3.63, 3.8) is 0 Å². The van der Waals surface area contributed by atoms with Gasteiger partial charge in [-0.05, 0) is 23.6 Å². The molecular weight excluding hydrogens is 300 g/mol. The lowest BCUT2D eigenvalue weighted by Gasteiger charge is -2.13. The second kappa shape index (κ2) is 6.58. The van der Waals surface area contributed by atoms with E-state index in [-0.39, 0.29) is 6.04 Å². The molecule has 0 spiro atoms. The molecule has 0 aromatic carbocycles. The molecule has 0 bridgehead atoms. The summed E-state index contributed by atoms with van der Waals surface area (Å²) in [7, 11) is -3.37. The van der Waals surface area contributed by atoms with Crippen molar-refractivity contribution in [2.24, 2.45) is 0 Å². The Hall–Kier alpha value is -0.0800. The van der Waals surface area contributed by atoms with Crippen LogP contribution < -0.4 is 10.0 Å². The first-order valence-corrected chi connectivity index (χ1v) is 9.90. The molecule has 0 amide bonds. The fourth-order valence-electron chi connectivity index (χ4n) is 1.90. The highest BCUT2D eigenvalue weighted by atomic mass is 32.2. The number of hydrogen-bond acceptors (Lipinski definition) is 5. The van der Waals surface area contributed by atoms with Crippen LogP contribution in [0, 0.1) is 0 Å². The number of nitrogens with one attached hydrogen (secondary N) is 2. The first-order valence-electron chi connectivity index (χ1n) is 6.39. The first-order chi connectivity index (χ1) is 8.99. The Morgan fingerprint density at radius 2 is 2.26 bits per heavy atom. The van der Waals surface area contributed by atoms with Gasteiger partial charge < -0.3 is 5.32 Å². The lowest BCUT2D eigenvalue weighted by Crippen LogP contribution is -2.35. The maximum absolute atomic E-state index is 12.4. The van der Waals surface area contributed by atoms with Gasteiger partial charge in [-0.15, -0.1) is 11.3 Å². The molecule has 19 heavy (non-hydrogen) atoms. The van der Waals surface area contributed by atoms with Crippen molar-refractivity contribution in [3.8, 4) is 0 Å². The van der Waals surface area contributed by atoms with Crippen molar-refractivity contribution in [2.75, 3.05) is 11.5 Å². The Labute approximate surface area is 123 Å². The van der Waals surface area contributed by atoms with Gasteiger partial charge in [0.25, 0.3) is 0 Å². The average Bonchev–Trinajstić information content (AvgIpc) is 2.95. The largest absolute Gasteiger partial charge is 0.310 e. The van der Waals surface area contributed by atoms with Crippen molar-refractivity contribution in [2.45, 2.75) is 43.8 Å². The fourth-order valence-corrected chi connectivity index (χ4v) is 5.83. The Kier molecular flexibility index (Phi) is 5.30. The molecule has 1 fully saturated rings. The van der Waals surface area contributed by atoms with Crippen LogP contribution in [0.3, 0.4) is 0 Å². The fraction of sp³-hybridized carbons (Fsp3) is 0.667. The molecule has 0 aliphatic carbocycles. The summed E-state index contributed by atoms with van der Waals surface area (Å²) >= 11 is 3.29. The molecule has 1 atom stereocenters. The van der Waals surface area contributed by atoms with E-state index in [0.717, 1.165) is 22.8 Å². The van der Waals surface area contributed by atoms with Crippen molar-refractivity contribution in [1.82, 2.24) is 10.0 Å². The standard InChI is InChI=1S/C12H20N2O2S3/c1-9(2)13-7-11-12(4-6-18-11)19(15,16)14-10-3-5-17-8-10/h4,6,9-10,13-14H,3,5,7-8H2,1-2H3. The van der Waals surface area contributed by atoms with Gasteiger partial charge >= 0.3 is 0 Å². The molecule has 1 saturated heterocycles. The van der Waals surface area contributed by atoms with E-state index in [4.69, 9.17) is 0 Å². The van der Waals surface area contributed by atoms with E-state index in [1.165, 1.54) is 11.3 Å². The molecule has 7 heteroatoms. The van der Waals surface area contributed by atoms with Crippen LogP contribution in [0.2, 0.25) is 0 Å². The Morgan fingerprint density at radius 3 is 2.89 bits per heavy atom. The van der Waals surface area contributed by atoms with Crippen molar-refractivity contribution >= 4 is 33.1 Å². The van der Waals surface area contributed by atoms with Crippen molar-refractivity contribution < 1.29 is 8.42 Å².